The molecule has 0 aliphatic rings. The van der Waals surface area contributed by atoms with E-state index >= 15 is 0 Å². The van der Waals surface area contributed by atoms with Gasteiger partial charge >= 0.3 is 0 Å². The Morgan fingerprint density at radius 1 is 1.18 bits per heavy atom. The van der Waals surface area contributed by atoms with Crippen molar-refractivity contribution in [3.8, 4) is 18.2 Å². The molecule has 0 heterocycles. The number of nitriles is 3. The van der Waals surface area contributed by atoms with E-state index in [4.69, 9.17) is 15.8 Å². The lowest BCUT2D eigenvalue weighted by Gasteiger charge is -2.19. The zero-order chi connectivity index (χ0) is 13.3. The summed E-state index contributed by atoms with van der Waals surface area (Å²) in [6, 6.07) is 5.09. The highest BCUT2D eigenvalue weighted by Gasteiger charge is 2.31. The van der Waals surface area contributed by atoms with Gasteiger partial charge in [0.1, 0.15) is 13.1 Å². The van der Waals surface area contributed by atoms with Gasteiger partial charge in [0.15, 0.2) is 5.25 Å². The predicted octanol–water partition coefficient (Wildman–Crippen LogP) is 0.748. The van der Waals surface area contributed by atoms with Crippen LogP contribution in [0.3, 0.4) is 0 Å². The van der Waals surface area contributed by atoms with Crippen LogP contribution < -0.4 is 0 Å². The first-order valence-corrected chi connectivity index (χ1v) is 6.67. The average molecular weight is 254 g/mol. The second kappa shape index (κ2) is 7.62. The molecule has 0 aromatic rings. The number of rotatable bonds is 7. The minimum absolute atomic E-state index is 0.225. The minimum atomic E-state index is -3.88. The molecule has 0 N–H and O–H groups in total. The van der Waals surface area contributed by atoms with Crippen LogP contribution in [0.4, 0.5) is 0 Å². The minimum Gasteiger partial charge on any atom is -0.211 e. The quantitative estimate of drug-likeness (QED) is 0.622. The molecule has 17 heavy (non-hydrogen) atoms. The van der Waals surface area contributed by atoms with Gasteiger partial charge in [0.2, 0.25) is 10.0 Å². The second-order valence-corrected chi connectivity index (χ2v) is 5.50. The van der Waals surface area contributed by atoms with Crippen LogP contribution in [-0.4, -0.2) is 31.1 Å². The number of nitrogens with zero attached hydrogens (tertiary/aromatic N) is 4. The van der Waals surface area contributed by atoms with Crippen LogP contribution in [0, 0.1) is 34.0 Å². The highest BCUT2D eigenvalue weighted by molar-refractivity contribution is 7.90. The molecule has 0 aromatic carbocycles. The fourth-order valence-electron chi connectivity index (χ4n) is 1.24. The first-order valence-electron chi connectivity index (χ1n) is 5.17. The third kappa shape index (κ3) is 4.40. The highest BCUT2D eigenvalue weighted by Crippen LogP contribution is 2.14. The molecule has 0 spiro atoms. The van der Waals surface area contributed by atoms with Crippen molar-refractivity contribution >= 4 is 10.0 Å². The van der Waals surface area contributed by atoms with Gasteiger partial charge in [0, 0.05) is 0 Å². The van der Waals surface area contributed by atoms with Gasteiger partial charge in [-0.25, -0.2) is 8.42 Å². The van der Waals surface area contributed by atoms with Gasteiger partial charge in [-0.05, 0) is 6.42 Å². The van der Waals surface area contributed by atoms with E-state index in [9.17, 15) is 8.42 Å². The zero-order valence-electron chi connectivity index (χ0n) is 9.63. The molecule has 1 atom stereocenters. The maximum atomic E-state index is 11.9. The summed E-state index contributed by atoms with van der Waals surface area (Å²) in [5.74, 6) is 0. The average Bonchev–Trinajstić information content (AvgIpc) is 2.29. The lowest BCUT2D eigenvalue weighted by molar-refractivity contribution is 0.469. The van der Waals surface area contributed by atoms with E-state index in [1.165, 1.54) is 0 Å². The first-order chi connectivity index (χ1) is 8.04. The Labute approximate surface area is 102 Å². The van der Waals surface area contributed by atoms with Crippen LogP contribution in [0.15, 0.2) is 0 Å². The molecule has 6 nitrogen and oxygen atoms in total. The van der Waals surface area contributed by atoms with Crippen molar-refractivity contribution in [1.82, 2.24) is 4.31 Å². The summed E-state index contributed by atoms with van der Waals surface area (Å²) in [5.41, 5.74) is 0. The van der Waals surface area contributed by atoms with Crippen LogP contribution in [-0.2, 0) is 10.0 Å². The van der Waals surface area contributed by atoms with Crippen molar-refractivity contribution in [2.24, 2.45) is 0 Å². The fourth-order valence-corrected chi connectivity index (χ4v) is 2.68. The Morgan fingerprint density at radius 3 is 2.06 bits per heavy atom. The largest absolute Gasteiger partial charge is 0.232 e. The summed E-state index contributed by atoms with van der Waals surface area (Å²) in [5, 5.41) is 24.7. The van der Waals surface area contributed by atoms with Crippen molar-refractivity contribution in [2.45, 2.75) is 31.4 Å². The summed E-state index contributed by atoms with van der Waals surface area (Å²) in [6.07, 6.45) is 1.62. The van der Waals surface area contributed by atoms with Gasteiger partial charge in [-0.1, -0.05) is 19.8 Å². The van der Waals surface area contributed by atoms with Crippen molar-refractivity contribution in [2.75, 3.05) is 13.1 Å². The topological polar surface area (TPSA) is 109 Å². The van der Waals surface area contributed by atoms with E-state index in [0.717, 1.165) is 10.7 Å². The number of sulfonamides is 1. The summed E-state index contributed by atoms with van der Waals surface area (Å²) in [4.78, 5) is 0. The molecule has 0 aliphatic heterocycles. The highest BCUT2D eigenvalue weighted by atomic mass is 32.2. The second-order valence-electron chi connectivity index (χ2n) is 3.39. The Hall–Kier alpha value is -1.62. The van der Waals surface area contributed by atoms with Crippen LogP contribution in [0.2, 0.25) is 0 Å². The molecule has 0 saturated carbocycles. The maximum Gasteiger partial charge on any atom is 0.232 e. The van der Waals surface area contributed by atoms with Crippen LogP contribution in [0.5, 0.6) is 0 Å². The first kappa shape index (κ1) is 15.4. The van der Waals surface area contributed by atoms with Crippen molar-refractivity contribution in [1.29, 1.82) is 15.8 Å². The molecule has 92 valence electrons. The van der Waals surface area contributed by atoms with Crippen molar-refractivity contribution in [3.05, 3.63) is 0 Å². The van der Waals surface area contributed by atoms with Crippen LogP contribution in [0.25, 0.3) is 0 Å². The van der Waals surface area contributed by atoms with Gasteiger partial charge in [0.05, 0.1) is 18.2 Å². The van der Waals surface area contributed by atoms with E-state index in [-0.39, 0.29) is 6.42 Å². The lowest BCUT2D eigenvalue weighted by Crippen LogP contribution is -2.38. The number of unbranched alkanes of at least 4 members (excludes halogenated alkanes) is 1. The molecule has 0 fully saturated rings. The molecular weight excluding hydrogens is 240 g/mol. The van der Waals surface area contributed by atoms with Crippen LogP contribution >= 0.6 is 0 Å². The smallest absolute Gasteiger partial charge is 0.211 e. The lowest BCUT2D eigenvalue weighted by atomic mass is 10.2. The van der Waals surface area contributed by atoms with E-state index < -0.39 is 28.4 Å². The predicted molar refractivity (Wildman–Crippen MR) is 60.6 cm³/mol. The van der Waals surface area contributed by atoms with E-state index in [2.05, 4.69) is 0 Å². The molecule has 0 bridgehead atoms. The Balaban J connectivity index is 5.00. The zero-order valence-corrected chi connectivity index (χ0v) is 10.4. The van der Waals surface area contributed by atoms with Gasteiger partial charge < -0.3 is 0 Å². The number of hydrogen-bond acceptors (Lipinski definition) is 5. The van der Waals surface area contributed by atoms with E-state index in [1.54, 1.807) is 18.2 Å². The molecule has 0 radical (unpaired) electrons. The summed E-state index contributed by atoms with van der Waals surface area (Å²) >= 11 is 0. The van der Waals surface area contributed by atoms with Gasteiger partial charge in [-0.15, -0.1) is 0 Å². The molecule has 0 aromatic heterocycles. The molecular formula is C10H14N4O2S. The Kier molecular flexibility index (Phi) is 6.89. The molecule has 0 saturated heterocycles. The number of hydrogen-bond donors (Lipinski definition) is 0. The van der Waals surface area contributed by atoms with E-state index in [0.29, 0.717) is 6.42 Å². The van der Waals surface area contributed by atoms with Crippen molar-refractivity contribution < 1.29 is 8.42 Å². The summed E-state index contributed by atoms with van der Waals surface area (Å²) < 4.78 is 24.6. The molecule has 0 aliphatic carbocycles. The SMILES string of the molecule is CCCCC(C#N)S(=O)(=O)N(CC#N)CC#N. The third-order valence-electron chi connectivity index (χ3n) is 2.18. The fraction of sp³-hybridized carbons (Fsp3) is 0.700. The molecule has 1 unspecified atom stereocenters. The van der Waals surface area contributed by atoms with Gasteiger partial charge in [0.25, 0.3) is 0 Å². The van der Waals surface area contributed by atoms with Crippen molar-refractivity contribution in [3.63, 3.8) is 0 Å². The Morgan fingerprint density at radius 2 is 1.71 bits per heavy atom. The molecule has 0 amide bonds. The molecule has 7 heteroatoms. The van der Waals surface area contributed by atoms with Gasteiger partial charge in [-0.2, -0.15) is 20.1 Å². The Bertz CT molecular complexity index is 436. The normalized spacial score (nSPS) is 12.4. The third-order valence-corrected chi connectivity index (χ3v) is 4.22. The standard InChI is InChI=1S/C10H14N4O2S/c1-2-3-4-10(9-13)17(15,16)14(7-5-11)8-6-12/h10H,2-4,7-8H2,1H3. The maximum absolute atomic E-state index is 11.9. The van der Waals surface area contributed by atoms with Crippen LogP contribution in [0.1, 0.15) is 26.2 Å². The summed E-state index contributed by atoms with van der Waals surface area (Å²) in [6.45, 7) is 1.09. The molecule has 0 rings (SSSR count). The van der Waals surface area contributed by atoms with Gasteiger partial charge in [-0.3, -0.25) is 0 Å². The summed E-state index contributed by atoms with van der Waals surface area (Å²) in [7, 11) is -3.88. The van der Waals surface area contributed by atoms with E-state index in [1.807, 2.05) is 6.92 Å². The monoisotopic (exact) mass is 254 g/mol.